The monoisotopic (exact) mass is 273 g/mol. The van der Waals surface area contributed by atoms with Gasteiger partial charge in [0.2, 0.25) is 0 Å². The number of carbonyl (C=O) groups is 3. The van der Waals surface area contributed by atoms with Crippen LogP contribution in [0.2, 0.25) is 0 Å². The highest BCUT2D eigenvalue weighted by atomic mass is 16.5. The molecule has 20 heavy (non-hydrogen) atoms. The van der Waals surface area contributed by atoms with Gasteiger partial charge in [0.1, 0.15) is 0 Å². The van der Waals surface area contributed by atoms with Gasteiger partial charge in [-0.05, 0) is 26.0 Å². The molecule has 0 aromatic heterocycles. The van der Waals surface area contributed by atoms with E-state index in [-0.39, 0.29) is 6.54 Å². The first-order valence-electron chi connectivity index (χ1n) is 6.34. The van der Waals surface area contributed by atoms with E-state index < -0.39 is 17.7 Å². The molecule has 0 aliphatic carbocycles. The molecule has 0 bridgehead atoms. The van der Waals surface area contributed by atoms with Crippen LogP contribution in [-0.4, -0.2) is 30.8 Å². The molecular formula is C15H15NO4. The molecule has 0 spiro atoms. The molecule has 1 amide bonds. The molecule has 1 aromatic rings. The highest BCUT2D eigenvalue weighted by molar-refractivity contribution is 6.52. The average Bonchev–Trinajstić information content (AvgIpc) is 2.64. The smallest absolute Gasteiger partial charge is 0.330 e. The van der Waals surface area contributed by atoms with Crippen LogP contribution in [0.1, 0.15) is 22.8 Å². The number of amides is 1. The number of Topliss-reactive ketones (excluding diaryl/α,β-unsaturated/α-hetero) is 1. The van der Waals surface area contributed by atoms with Crippen molar-refractivity contribution < 1.29 is 19.1 Å². The van der Waals surface area contributed by atoms with E-state index in [4.69, 9.17) is 4.74 Å². The van der Waals surface area contributed by atoms with Gasteiger partial charge in [-0.1, -0.05) is 17.7 Å². The number of fused-ring (bicyclic) bond motifs is 1. The summed E-state index contributed by atoms with van der Waals surface area (Å²) < 4.78 is 4.74. The molecule has 0 N–H and O–H groups in total. The van der Waals surface area contributed by atoms with Crippen LogP contribution in [-0.2, 0) is 14.3 Å². The van der Waals surface area contributed by atoms with E-state index in [9.17, 15) is 14.4 Å². The quantitative estimate of drug-likeness (QED) is 0.475. The zero-order valence-electron chi connectivity index (χ0n) is 11.4. The maximum absolute atomic E-state index is 11.9. The van der Waals surface area contributed by atoms with Gasteiger partial charge < -0.3 is 9.64 Å². The second kappa shape index (κ2) is 5.69. The van der Waals surface area contributed by atoms with Crippen LogP contribution >= 0.6 is 0 Å². The van der Waals surface area contributed by atoms with E-state index in [2.05, 4.69) is 0 Å². The summed E-state index contributed by atoms with van der Waals surface area (Å²) in [6.45, 7) is 4.04. The van der Waals surface area contributed by atoms with Crippen LogP contribution < -0.4 is 4.90 Å². The SMILES string of the molecule is CCOC(=O)/C=C/CN1C(=O)C(=O)c2cc(C)ccc21. The van der Waals surface area contributed by atoms with Crippen LogP contribution in [0.25, 0.3) is 0 Å². The molecule has 1 aliphatic heterocycles. The van der Waals surface area contributed by atoms with Crippen molar-refractivity contribution in [2.75, 3.05) is 18.1 Å². The maximum atomic E-state index is 11.9. The predicted octanol–water partition coefficient (Wildman–Crippen LogP) is 1.64. The zero-order valence-corrected chi connectivity index (χ0v) is 11.4. The van der Waals surface area contributed by atoms with Crippen molar-refractivity contribution in [2.24, 2.45) is 0 Å². The lowest BCUT2D eigenvalue weighted by Crippen LogP contribution is -2.29. The number of ether oxygens (including phenoxy) is 1. The molecule has 2 rings (SSSR count). The van der Waals surface area contributed by atoms with Crippen LogP contribution in [0.4, 0.5) is 5.69 Å². The molecule has 1 heterocycles. The van der Waals surface area contributed by atoms with Crippen LogP contribution in [0.15, 0.2) is 30.4 Å². The van der Waals surface area contributed by atoms with E-state index in [1.54, 1.807) is 19.1 Å². The molecule has 0 saturated carbocycles. The Morgan fingerprint density at radius 1 is 1.35 bits per heavy atom. The molecule has 0 saturated heterocycles. The van der Waals surface area contributed by atoms with Gasteiger partial charge >= 0.3 is 5.97 Å². The topological polar surface area (TPSA) is 63.7 Å². The Labute approximate surface area is 116 Å². The second-order valence-corrected chi connectivity index (χ2v) is 4.42. The fraction of sp³-hybridized carbons (Fsp3) is 0.267. The Hall–Kier alpha value is -2.43. The Morgan fingerprint density at radius 3 is 2.80 bits per heavy atom. The summed E-state index contributed by atoms with van der Waals surface area (Å²) >= 11 is 0. The summed E-state index contributed by atoms with van der Waals surface area (Å²) in [6.07, 6.45) is 2.77. The number of nitrogens with zero attached hydrogens (tertiary/aromatic N) is 1. The molecule has 1 aliphatic rings. The maximum Gasteiger partial charge on any atom is 0.330 e. The van der Waals surface area contributed by atoms with Crippen LogP contribution in [0.3, 0.4) is 0 Å². The first kappa shape index (κ1) is 14.0. The largest absolute Gasteiger partial charge is 0.463 e. The number of aryl methyl sites for hydroxylation is 1. The van der Waals surface area contributed by atoms with Crippen molar-refractivity contribution >= 4 is 23.3 Å². The molecule has 104 valence electrons. The minimum atomic E-state index is -0.570. The highest BCUT2D eigenvalue weighted by Gasteiger charge is 2.34. The minimum Gasteiger partial charge on any atom is -0.463 e. The lowest BCUT2D eigenvalue weighted by atomic mass is 10.1. The number of esters is 1. The molecule has 1 aromatic carbocycles. The van der Waals surface area contributed by atoms with E-state index in [0.717, 1.165) is 5.56 Å². The third-order valence-electron chi connectivity index (χ3n) is 2.96. The Balaban J connectivity index is 2.16. The van der Waals surface area contributed by atoms with Gasteiger partial charge in [-0.2, -0.15) is 0 Å². The van der Waals surface area contributed by atoms with E-state index in [1.165, 1.54) is 17.1 Å². The van der Waals surface area contributed by atoms with Gasteiger partial charge in [0.15, 0.2) is 0 Å². The third kappa shape index (κ3) is 2.61. The fourth-order valence-electron chi connectivity index (χ4n) is 2.04. The van der Waals surface area contributed by atoms with Gasteiger partial charge in [0.25, 0.3) is 11.7 Å². The number of ketones is 1. The van der Waals surface area contributed by atoms with Crippen molar-refractivity contribution in [2.45, 2.75) is 13.8 Å². The summed E-state index contributed by atoms with van der Waals surface area (Å²) in [5, 5.41) is 0. The first-order valence-corrected chi connectivity index (χ1v) is 6.34. The van der Waals surface area contributed by atoms with E-state index in [1.807, 2.05) is 13.0 Å². The van der Waals surface area contributed by atoms with Crippen LogP contribution in [0.5, 0.6) is 0 Å². The molecule has 0 unspecified atom stereocenters. The third-order valence-corrected chi connectivity index (χ3v) is 2.96. The summed E-state index contributed by atoms with van der Waals surface area (Å²) in [6, 6.07) is 5.28. The standard InChI is InChI=1S/C15H15NO4/c1-3-20-13(17)5-4-8-16-12-7-6-10(2)9-11(12)14(18)15(16)19/h4-7,9H,3,8H2,1-2H3/b5-4+. The van der Waals surface area contributed by atoms with Gasteiger partial charge in [0.05, 0.1) is 17.9 Å². The molecule has 0 fully saturated rings. The molecule has 0 radical (unpaired) electrons. The van der Waals surface area contributed by atoms with Gasteiger partial charge in [-0.3, -0.25) is 9.59 Å². The first-order chi connectivity index (χ1) is 9.54. The number of benzene rings is 1. The lowest BCUT2D eigenvalue weighted by Gasteiger charge is -2.13. The van der Waals surface area contributed by atoms with Gasteiger partial charge in [0, 0.05) is 12.6 Å². The van der Waals surface area contributed by atoms with Crippen molar-refractivity contribution in [3.05, 3.63) is 41.5 Å². The average molecular weight is 273 g/mol. The summed E-state index contributed by atoms with van der Waals surface area (Å²) in [5.74, 6) is -1.54. The second-order valence-electron chi connectivity index (χ2n) is 4.42. The number of carbonyl (C=O) groups excluding carboxylic acids is 3. The van der Waals surface area contributed by atoms with E-state index >= 15 is 0 Å². The summed E-state index contributed by atoms with van der Waals surface area (Å²) in [5.41, 5.74) is 1.92. The molecule has 5 heteroatoms. The number of hydrogen-bond donors (Lipinski definition) is 0. The molecular weight excluding hydrogens is 258 g/mol. The molecule has 5 nitrogen and oxygen atoms in total. The summed E-state index contributed by atoms with van der Waals surface area (Å²) in [4.78, 5) is 36.3. The Morgan fingerprint density at radius 2 is 2.10 bits per heavy atom. The number of rotatable bonds is 4. The lowest BCUT2D eigenvalue weighted by molar-refractivity contribution is -0.137. The Bertz CT molecular complexity index is 604. The fourth-order valence-corrected chi connectivity index (χ4v) is 2.04. The number of hydrogen-bond acceptors (Lipinski definition) is 4. The summed E-state index contributed by atoms with van der Waals surface area (Å²) in [7, 11) is 0. The van der Waals surface area contributed by atoms with Crippen molar-refractivity contribution in [3.63, 3.8) is 0 Å². The minimum absolute atomic E-state index is 0.166. The van der Waals surface area contributed by atoms with Gasteiger partial charge in [-0.25, -0.2) is 4.79 Å². The van der Waals surface area contributed by atoms with Crippen LogP contribution in [0, 0.1) is 6.92 Å². The normalized spacial score (nSPS) is 14.0. The molecule has 0 atom stereocenters. The number of anilines is 1. The van der Waals surface area contributed by atoms with Crippen molar-refractivity contribution in [1.29, 1.82) is 0 Å². The van der Waals surface area contributed by atoms with Crippen molar-refractivity contribution in [1.82, 2.24) is 0 Å². The van der Waals surface area contributed by atoms with E-state index in [0.29, 0.717) is 17.9 Å². The Kier molecular flexibility index (Phi) is 3.98. The van der Waals surface area contributed by atoms with Crippen molar-refractivity contribution in [3.8, 4) is 0 Å². The highest BCUT2D eigenvalue weighted by Crippen LogP contribution is 2.29. The zero-order chi connectivity index (χ0) is 14.7. The van der Waals surface area contributed by atoms with Gasteiger partial charge in [-0.15, -0.1) is 0 Å². The predicted molar refractivity (Wildman–Crippen MR) is 73.6 cm³/mol.